The van der Waals surface area contributed by atoms with Gasteiger partial charge >= 0.3 is 0 Å². The minimum absolute atomic E-state index is 0.147. The van der Waals surface area contributed by atoms with Gasteiger partial charge < -0.3 is 15.1 Å². The van der Waals surface area contributed by atoms with Gasteiger partial charge in [-0.2, -0.15) is 0 Å². The zero-order chi connectivity index (χ0) is 13.8. The lowest BCUT2D eigenvalue weighted by atomic mass is 9.92. The first-order valence-corrected chi connectivity index (χ1v) is 5.74. The van der Waals surface area contributed by atoms with Crippen molar-refractivity contribution >= 4 is 0 Å². The summed E-state index contributed by atoms with van der Waals surface area (Å²) in [7, 11) is 1.77. The van der Waals surface area contributed by atoms with E-state index in [1.807, 2.05) is 0 Å². The molecule has 102 valence electrons. The van der Waals surface area contributed by atoms with Gasteiger partial charge in [0.05, 0.1) is 13.2 Å². The lowest BCUT2D eigenvalue weighted by Crippen LogP contribution is -2.38. The second-order valence-electron chi connectivity index (χ2n) is 5.08. The molecular weight excluding hydrogens is 240 g/mol. The molecule has 0 amide bonds. The van der Waals surface area contributed by atoms with Crippen molar-refractivity contribution in [1.29, 1.82) is 0 Å². The van der Waals surface area contributed by atoms with Gasteiger partial charge in [0.1, 0.15) is 11.6 Å². The van der Waals surface area contributed by atoms with E-state index in [-0.39, 0.29) is 13.2 Å². The first kappa shape index (κ1) is 15.0. The first-order valence-electron chi connectivity index (χ1n) is 5.74. The Balaban J connectivity index is 2.67. The average Bonchev–Trinajstić information content (AvgIpc) is 2.27. The monoisotopic (exact) mass is 259 g/mol. The van der Waals surface area contributed by atoms with Crippen molar-refractivity contribution in [2.75, 3.05) is 26.8 Å². The van der Waals surface area contributed by atoms with Crippen molar-refractivity contribution in [3.63, 3.8) is 0 Å². The summed E-state index contributed by atoms with van der Waals surface area (Å²) in [4.78, 5) is 1.81. The Hall–Kier alpha value is -1.04. The SMILES string of the molecule is CN(Cc1cc(F)cc(F)c1)CC(C)(CO)CO. The molecule has 0 aliphatic heterocycles. The van der Waals surface area contributed by atoms with Crippen LogP contribution in [0.4, 0.5) is 8.78 Å². The fourth-order valence-corrected chi connectivity index (χ4v) is 1.87. The minimum Gasteiger partial charge on any atom is -0.396 e. The van der Waals surface area contributed by atoms with E-state index in [2.05, 4.69) is 0 Å². The molecule has 18 heavy (non-hydrogen) atoms. The van der Waals surface area contributed by atoms with Gasteiger partial charge in [-0.1, -0.05) is 6.92 Å². The molecule has 0 saturated carbocycles. The van der Waals surface area contributed by atoms with Crippen LogP contribution in [0.15, 0.2) is 18.2 Å². The van der Waals surface area contributed by atoms with Gasteiger partial charge in [-0.15, -0.1) is 0 Å². The molecule has 0 aliphatic carbocycles. The maximum absolute atomic E-state index is 13.0. The Kier molecular flexibility index (Phi) is 5.19. The molecule has 5 heteroatoms. The molecule has 0 radical (unpaired) electrons. The molecule has 2 N–H and O–H groups in total. The zero-order valence-corrected chi connectivity index (χ0v) is 10.7. The smallest absolute Gasteiger partial charge is 0.126 e. The Bertz CT molecular complexity index is 374. The van der Waals surface area contributed by atoms with Gasteiger partial charge in [-0.25, -0.2) is 8.78 Å². The van der Waals surface area contributed by atoms with Gasteiger partial charge in [0, 0.05) is 24.6 Å². The highest BCUT2D eigenvalue weighted by molar-refractivity contribution is 5.17. The summed E-state index contributed by atoms with van der Waals surface area (Å²) < 4.78 is 26.0. The summed E-state index contributed by atoms with van der Waals surface area (Å²) >= 11 is 0. The number of rotatable bonds is 6. The molecule has 0 saturated heterocycles. The lowest BCUT2D eigenvalue weighted by Gasteiger charge is -2.30. The van der Waals surface area contributed by atoms with Crippen molar-refractivity contribution in [2.45, 2.75) is 13.5 Å². The van der Waals surface area contributed by atoms with Crippen LogP contribution in [0.5, 0.6) is 0 Å². The first-order chi connectivity index (χ1) is 8.38. The number of hydrogen-bond acceptors (Lipinski definition) is 3. The van der Waals surface area contributed by atoms with Crippen LogP contribution < -0.4 is 0 Å². The highest BCUT2D eigenvalue weighted by atomic mass is 19.1. The van der Waals surface area contributed by atoms with Crippen molar-refractivity contribution in [3.05, 3.63) is 35.4 Å². The molecule has 0 unspecified atom stereocenters. The quantitative estimate of drug-likeness (QED) is 0.811. The van der Waals surface area contributed by atoms with Gasteiger partial charge in [-0.05, 0) is 24.7 Å². The predicted octanol–water partition coefficient (Wildman–Crippen LogP) is 1.39. The van der Waals surface area contributed by atoms with Gasteiger partial charge in [0.25, 0.3) is 0 Å². The van der Waals surface area contributed by atoms with Crippen LogP contribution in [0.2, 0.25) is 0 Å². The van der Waals surface area contributed by atoms with E-state index >= 15 is 0 Å². The fourth-order valence-electron chi connectivity index (χ4n) is 1.87. The maximum atomic E-state index is 13.0. The third-order valence-corrected chi connectivity index (χ3v) is 2.79. The third kappa shape index (κ3) is 4.33. The Labute approximate surface area is 106 Å². The predicted molar refractivity (Wildman–Crippen MR) is 65.0 cm³/mol. The molecule has 1 rings (SSSR count). The lowest BCUT2D eigenvalue weighted by molar-refractivity contribution is 0.0401. The summed E-state index contributed by atoms with van der Waals surface area (Å²) in [5, 5.41) is 18.4. The average molecular weight is 259 g/mol. The van der Waals surface area contributed by atoms with Crippen molar-refractivity contribution in [2.24, 2.45) is 5.41 Å². The largest absolute Gasteiger partial charge is 0.396 e. The van der Waals surface area contributed by atoms with E-state index in [0.717, 1.165) is 6.07 Å². The summed E-state index contributed by atoms with van der Waals surface area (Å²) in [6.07, 6.45) is 0. The van der Waals surface area contributed by atoms with Crippen LogP contribution in [0.1, 0.15) is 12.5 Å². The van der Waals surface area contributed by atoms with Crippen LogP contribution in [-0.2, 0) is 6.54 Å². The molecule has 0 heterocycles. The summed E-state index contributed by atoms with van der Waals surface area (Å²) in [5.41, 5.74) is -0.103. The number of aliphatic hydroxyl groups excluding tert-OH is 2. The van der Waals surface area contributed by atoms with Crippen molar-refractivity contribution in [1.82, 2.24) is 4.90 Å². The second kappa shape index (κ2) is 6.22. The molecule has 0 aromatic heterocycles. The number of hydrogen-bond donors (Lipinski definition) is 2. The summed E-state index contributed by atoms with van der Waals surface area (Å²) in [6.45, 7) is 2.23. The Morgan fingerprint density at radius 3 is 2.06 bits per heavy atom. The molecule has 1 aromatic carbocycles. The zero-order valence-electron chi connectivity index (χ0n) is 10.7. The molecule has 0 aliphatic rings. The van der Waals surface area contributed by atoms with Gasteiger partial charge in [0.15, 0.2) is 0 Å². The summed E-state index contributed by atoms with van der Waals surface area (Å²) in [6, 6.07) is 3.37. The van der Waals surface area contributed by atoms with Crippen LogP contribution in [-0.4, -0.2) is 41.9 Å². The second-order valence-corrected chi connectivity index (χ2v) is 5.08. The molecule has 0 spiro atoms. The van der Waals surface area contributed by atoms with Crippen LogP contribution in [0.25, 0.3) is 0 Å². The van der Waals surface area contributed by atoms with E-state index < -0.39 is 17.0 Å². The normalized spacial score (nSPS) is 12.2. The van der Waals surface area contributed by atoms with E-state index in [1.54, 1.807) is 18.9 Å². The molecule has 0 bridgehead atoms. The number of nitrogens with zero attached hydrogens (tertiary/aromatic N) is 1. The third-order valence-electron chi connectivity index (χ3n) is 2.79. The van der Waals surface area contributed by atoms with Crippen LogP contribution in [0.3, 0.4) is 0 Å². The molecule has 0 fully saturated rings. The van der Waals surface area contributed by atoms with Crippen LogP contribution in [0, 0.1) is 17.0 Å². The Morgan fingerprint density at radius 2 is 1.61 bits per heavy atom. The topological polar surface area (TPSA) is 43.7 Å². The van der Waals surface area contributed by atoms with Gasteiger partial charge in [0.2, 0.25) is 0 Å². The minimum atomic E-state index is -0.624. The maximum Gasteiger partial charge on any atom is 0.126 e. The van der Waals surface area contributed by atoms with E-state index in [1.165, 1.54) is 12.1 Å². The standard InChI is InChI=1S/C13H19F2NO2/c1-13(8-17,9-18)7-16(2)6-10-3-11(14)5-12(15)4-10/h3-5,17-18H,6-9H2,1-2H3. The number of halogens is 2. The van der Waals surface area contributed by atoms with Gasteiger partial charge in [-0.3, -0.25) is 0 Å². The highest BCUT2D eigenvalue weighted by Crippen LogP contribution is 2.17. The van der Waals surface area contributed by atoms with Crippen LogP contribution >= 0.6 is 0 Å². The molecular formula is C13H19F2NO2. The van der Waals surface area contributed by atoms with Crippen molar-refractivity contribution < 1.29 is 19.0 Å². The van der Waals surface area contributed by atoms with Crippen molar-refractivity contribution in [3.8, 4) is 0 Å². The van der Waals surface area contributed by atoms with E-state index in [0.29, 0.717) is 18.7 Å². The number of aliphatic hydroxyl groups is 2. The Morgan fingerprint density at radius 1 is 1.11 bits per heavy atom. The fraction of sp³-hybridized carbons (Fsp3) is 0.538. The van der Waals surface area contributed by atoms with E-state index in [4.69, 9.17) is 0 Å². The number of benzene rings is 1. The summed E-state index contributed by atoms with van der Waals surface area (Å²) in [5.74, 6) is -1.21. The van der Waals surface area contributed by atoms with E-state index in [9.17, 15) is 19.0 Å². The molecule has 1 aromatic rings. The highest BCUT2D eigenvalue weighted by Gasteiger charge is 2.24. The molecule has 0 atom stereocenters. The molecule has 3 nitrogen and oxygen atoms in total.